The van der Waals surface area contributed by atoms with Crippen LogP contribution in [-0.4, -0.2) is 21.9 Å². The van der Waals surface area contributed by atoms with Gasteiger partial charge >= 0.3 is 0 Å². The molecule has 0 fully saturated rings. The Morgan fingerprint density at radius 2 is 2.47 bits per heavy atom. The normalized spacial score (nSPS) is 10.5. The molecular formula is C10H9ClN3O. The van der Waals surface area contributed by atoms with Gasteiger partial charge in [0.25, 0.3) is 0 Å². The minimum absolute atomic E-state index is 0.424. The van der Waals surface area contributed by atoms with Crippen LogP contribution in [0.4, 0.5) is 0 Å². The second kappa shape index (κ2) is 4.42. The lowest BCUT2D eigenvalue weighted by Gasteiger charge is -2.06. The van der Waals surface area contributed by atoms with E-state index in [9.17, 15) is 0 Å². The third-order valence-electron chi connectivity index (χ3n) is 1.88. The average molecular weight is 223 g/mol. The van der Waals surface area contributed by atoms with Gasteiger partial charge in [-0.2, -0.15) is 5.10 Å². The molecule has 1 radical (unpaired) electrons. The molecule has 15 heavy (non-hydrogen) atoms. The van der Waals surface area contributed by atoms with Gasteiger partial charge in [0.05, 0.1) is 23.5 Å². The van der Waals surface area contributed by atoms with E-state index >= 15 is 0 Å². The van der Waals surface area contributed by atoms with Crippen molar-refractivity contribution in [3.8, 4) is 5.82 Å². The fraction of sp³-hybridized carbons (Fsp3) is 0.200. The van der Waals surface area contributed by atoms with Crippen LogP contribution in [0.1, 0.15) is 5.69 Å². The molecule has 0 atom stereocenters. The Bertz CT molecular complexity index is 455. The van der Waals surface area contributed by atoms with Crippen molar-refractivity contribution in [3.63, 3.8) is 0 Å². The van der Waals surface area contributed by atoms with Gasteiger partial charge in [0.1, 0.15) is 0 Å². The third kappa shape index (κ3) is 2.00. The SMILES string of the molecule is COCc1[c]cnn1-c1ncccc1Cl. The zero-order chi connectivity index (χ0) is 10.7. The van der Waals surface area contributed by atoms with E-state index in [0.717, 1.165) is 5.69 Å². The summed E-state index contributed by atoms with van der Waals surface area (Å²) in [4.78, 5) is 4.16. The van der Waals surface area contributed by atoms with E-state index in [0.29, 0.717) is 17.4 Å². The average Bonchev–Trinajstić information content (AvgIpc) is 2.67. The van der Waals surface area contributed by atoms with Gasteiger partial charge in [-0.15, -0.1) is 0 Å². The number of hydrogen-bond acceptors (Lipinski definition) is 3. The zero-order valence-corrected chi connectivity index (χ0v) is 8.90. The molecule has 0 aliphatic rings. The summed E-state index contributed by atoms with van der Waals surface area (Å²) >= 11 is 6.01. The molecule has 2 aromatic rings. The molecule has 2 rings (SSSR count). The highest BCUT2D eigenvalue weighted by molar-refractivity contribution is 6.32. The molecule has 0 N–H and O–H groups in total. The van der Waals surface area contributed by atoms with Gasteiger partial charge in [-0.25, -0.2) is 9.67 Å². The first-order chi connectivity index (χ1) is 7.33. The van der Waals surface area contributed by atoms with Crippen molar-refractivity contribution in [3.05, 3.63) is 41.3 Å². The molecule has 0 aromatic carbocycles. The van der Waals surface area contributed by atoms with Crippen LogP contribution in [0.2, 0.25) is 5.02 Å². The Kier molecular flexibility index (Phi) is 2.99. The summed E-state index contributed by atoms with van der Waals surface area (Å²) in [7, 11) is 1.62. The number of hydrogen-bond donors (Lipinski definition) is 0. The predicted molar refractivity (Wildman–Crippen MR) is 55.9 cm³/mol. The molecule has 0 saturated heterocycles. The molecule has 0 bridgehead atoms. The quantitative estimate of drug-likeness (QED) is 0.796. The topological polar surface area (TPSA) is 39.9 Å². The fourth-order valence-corrected chi connectivity index (χ4v) is 1.45. The Morgan fingerprint density at radius 3 is 3.20 bits per heavy atom. The van der Waals surface area contributed by atoms with Gasteiger partial charge in [0.2, 0.25) is 0 Å². The van der Waals surface area contributed by atoms with E-state index in [1.165, 1.54) is 0 Å². The van der Waals surface area contributed by atoms with Gasteiger partial charge in [-0.05, 0) is 12.1 Å². The van der Waals surface area contributed by atoms with Crippen LogP contribution in [0, 0.1) is 6.07 Å². The monoisotopic (exact) mass is 222 g/mol. The van der Waals surface area contributed by atoms with E-state index in [2.05, 4.69) is 16.1 Å². The van der Waals surface area contributed by atoms with Gasteiger partial charge in [-0.3, -0.25) is 0 Å². The highest BCUT2D eigenvalue weighted by atomic mass is 35.5. The molecule has 0 unspecified atom stereocenters. The van der Waals surface area contributed by atoms with Crippen molar-refractivity contribution in [1.82, 2.24) is 14.8 Å². The van der Waals surface area contributed by atoms with Crippen molar-refractivity contribution in [2.45, 2.75) is 6.61 Å². The number of ether oxygens (including phenoxy) is 1. The van der Waals surface area contributed by atoms with E-state index < -0.39 is 0 Å². The predicted octanol–water partition coefficient (Wildman–Crippen LogP) is 1.87. The number of rotatable bonds is 3. The second-order valence-electron chi connectivity index (χ2n) is 2.89. The first kappa shape index (κ1) is 10.1. The maximum Gasteiger partial charge on any atom is 0.172 e. The Labute approximate surface area is 92.5 Å². The van der Waals surface area contributed by atoms with Crippen LogP contribution in [0.5, 0.6) is 0 Å². The standard InChI is InChI=1S/C10H9ClN3O/c1-15-7-8-4-6-13-14(8)10-9(11)3-2-5-12-10/h2-3,5-6H,7H2,1H3. The van der Waals surface area contributed by atoms with Gasteiger partial charge in [0.15, 0.2) is 5.82 Å². The van der Waals surface area contributed by atoms with Crippen LogP contribution in [0.3, 0.4) is 0 Å². The molecule has 0 amide bonds. The van der Waals surface area contributed by atoms with Gasteiger partial charge in [-0.1, -0.05) is 11.6 Å². The fourth-order valence-electron chi connectivity index (χ4n) is 1.25. The Morgan fingerprint density at radius 1 is 1.60 bits per heavy atom. The highest BCUT2D eigenvalue weighted by Gasteiger charge is 2.08. The minimum atomic E-state index is 0.424. The van der Waals surface area contributed by atoms with Crippen LogP contribution in [0.25, 0.3) is 5.82 Å². The highest BCUT2D eigenvalue weighted by Crippen LogP contribution is 2.17. The summed E-state index contributed by atoms with van der Waals surface area (Å²) < 4.78 is 6.64. The maximum absolute atomic E-state index is 6.01. The lowest BCUT2D eigenvalue weighted by Crippen LogP contribution is -2.05. The first-order valence-corrected chi connectivity index (χ1v) is 4.75. The van der Waals surface area contributed by atoms with E-state index in [1.54, 1.807) is 36.3 Å². The van der Waals surface area contributed by atoms with Crippen molar-refractivity contribution >= 4 is 11.6 Å². The smallest absolute Gasteiger partial charge is 0.172 e. The third-order valence-corrected chi connectivity index (χ3v) is 2.18. The molecular weight excluding hydrogens is 214 g/mol. The van der Waals surface area contributed by atoms with Crippen LogP contribution in [0.15, 0.2) is 24.5 Å². The number of nitrogens with zero attached hydrogens (tertiary/aromatic N) is 3. The number of methoxy groups -OCH3 is 1. The summed E-state index contributed by atoms with van der Waals surface area (Å²) in [6.07, 6.45) is 3.23. The molecule has 77 valence electrons. The minimum Gasteiger partial charge on any atom is -0.378 e. The molecule has 2 aromatic heterocycles. The van der Waals surface area contributed by atoms with Crippen molar-refractivity contribution in [2.75, 3.05) is 7.11 Å². The second-order valence-corrected chi connectivity index (χ2v) is 3.30. The van der Waals surface area contributed by atoms with E-state index in [-0.39, 0.29) is 0 Å². The summed E-state index contributed by atoms with van der Waals surface area (Å²) in [6, 6.07) is 6.50. The largest absolute Gasteiger partial charge is 0.378 e. The van der Waals surface area contributed by atoms with E-state index in [1.807, 2.05) is 0 Å². The van der Waals surface area contributed by atoms with Crippen molar-refractivity contribution < 1.29 is 4.74 Å². The van der Waals surface area contributed by atoms with Crippen molar-refractivity contribution in [1.29, 1.82) is 0 Å². The molecule has 2 heterocycles. The Balaban J connectivity index is 2.45. The van der Waals surface area contributed by atoms with Crippen LogP contribution >= 0.6 is 11.6 Å². The summed E-state index contributed by atoms with van der Waals surface area (Å²) in [5.41, 5.74) is 0.790. The summed E-state index contributed by atoms with van der Waals surface area (Å²) in [5, 5.41) is 4.65. The molecule has 0 spiro atoms. The Hall–Kier alpha value is -1.39. The molecule has 0 saturated carbocycles. The lowest BCUT2D eigenvalue weighted by atomic mass is 10.4. The lowest BCUT2D eigenvalue weighted by molar-refractivity contribution is 0.179. The van der Waals surface area contributed by atoms with Gasteiger partial charge in [0, 0.05) is 19.4 Å². The molecule has 5 heteroatoms. The number of aromatic nitrogens is 3. The number of pyridine rings is 1. The van der Waals surface area contributed by atoms with Crippen LogP contribution in [-0.2, 0) is 11.3 Å². The first-order valence-electron chi connectivity index (χ1n) is 4.37. The summed E-state index contributed by atoms with van der Waals surface area (Å²) in [6.45, 7) is 0.424. The molecule has 4 nitrogen and oxygen atoms in total. The molecule has 0 aliphatic carbocycles. The van der Waals surface area contributed by atoms with E-state index in [4.69, 9.17) is 16.3 Å². The summed E-state index contributed by atoms with van der Waals surface area (Å²) in [5.74, 6) is 0.590. The molecule has 0 aliphatic heterocycles. The maximum atomic E-state index is 6.01. The van der Waals surface area contributed by atoms with Crippen LogP contribution < -0.4 is 0 Å². The zero-order valence-electron chi connectivity index (χ0n) is 8.14. The number of halogens is 1. The van der Waals surface area contributed by atoms with Gasteiger partial charge < -0.3 is 4.74 Å². The van der Waals surface area contributed by atoms with Crippen molar-refractivity contribution in [2.24, 2.45) is 0 Å².